The van der Waals surface area contributed by atoms with E-state index >= 15 is 0 Å². The van der Waals surface area contributed by atoms with Gasteiger partial charge in [0.15, 0.2) is 0 Å². The minimum atomic E-state index is 0.500. The molecule has 1 nitrogen and oxygen atoms in total. The molecule has 0 radical (unpaired) electrons. The molecule has 3 atom stereocenters. The fraction of sp³-hybridized carbons (Fsp3) is 0.700. The second-order valence-electron chi connectivity index (χ2n) is 3.97. The highest BCUT2D eigenvalue weighted by Gasteiger charge is 2.40. The predicted octanol–water partition coefficient (Wildman–Crippen LogP) is 3.85. The number of aromatic nitrogens is 1. The van der Waals surface area contributed by atoms with Gasteiger partial charge < -0.3 is 0 Å². The standard InChI is InChI=1S/C10H14BrNS/c1-5-4-8(5)9(11)10-12-6(2)7(3)13-10/h5,8-9H,4H2,1-3H3. The zero-order valence-electron chi connectivity index (χ0n) is 8.17. The fourth-order valence-electron chi connectivity index (χ4n) is 1.56. The Morgan fingerprint density at radius 1 is 1.54 bits per heavy atom. The van der Waals surface area contributed by atoms with Crippen LogP contribution in [0.3, 0.4) is 0 Å². The lowest BCUT2D eigenvalue weighted by molar-refractivity contribution is 0.734. The molecule has 0 aliphatic heterocycles. The summed E-state index contributed by atoms with van der Waals surface area (Å²) in [6, 6.07) is 0. The van der Waals surface area contributed by atoms with Gasteiger partial charge in [0.05, 0.1) is 10.5 Å². The predicted molar refractivity (Wildman–Crippen MR) is 60.5 cm³/mol. The zero-order valence-corrected chi connectivity index (χ0v) is 10.6. The van der Waals surface area contributed by atoms with Crippen molar-refractivity contribution in [2.75, 3.05) is 0 Å². The minimum absolute atomic E-state index is 0.500. The first-order valence-electron chi connectivity index (χ1n) is 4.67. The van der Waals surface area contributed by atoms with Crippen molar-refractivity contribution in [1.82, 2.24) is 4.98 Å². The number of alkyl halides is 1. The van der Waals surface area contributed by atoms with Crippen molar-refractivity contribution in [3.63, 3.8) is 0 Å². The summed E-state index contributed by atoms with van der Waals surface area (Å²) >= 11 is 5.58. The van der Waals surface area contributed by atoms with Gasteiger partial charge in [0, 0.05) is 4.88 Å². The Hall–Kier alpha value is 0.110. The summed E-state index contributed by atoms with van der Waals surface area (Å²) in [5.41, 5.74) is 1.19. The second-order valence-corrected chi connectivity index (χ2v) is 6.19. The molecule has 0 N–H and O–H groups in total. The summed E-state index contributed by atoms with van der Waals surface area (Å²) in [5.74, 6) is 1.71. The lowest BCUT2D eigenvalue weighted by Gasteiger charge is -2.03. The molecule has 2 rings (SSSR count). The normalized spacial score (nSPS) is 28.9. The third-order valence-electron chi connectivity index (χ3n) is 2.83. The Kier molecular flexibility index (Phi) is 2.49. The molecule has 1 aliphatic rings. The van der Waals surface area contributed by atoms with Crippen LogP contribution in [0.1, 0.15) is 33.8 Å². The Morgan fingerprint density at radius 3 is 2.54 bits per heavy atom. The van der Waals surface area contributed by atoms with Crippen LogP contribution in [0.15, 0.2) is 0 Å². The maximum absolute atomic E-state index is 4.58. The summed E-state index contributed by atoms with van der Waals surface area (Å²) in [7, 11) is 0. The molecule has 0 saturated heterocycles. The number of hydrogen-bond acceptors (Lipinski definition) is 2. The molecule has 1 saturated carbocycles. The van der Waals surface area contributed by atoms with Crippen molar-refractivity contribution in [2.24, 2.45) is 11.8 Å². The maximum atomic E-state index is 4.58. The first kappa shape index (κ1) is 9.66. The van der Waals surface area contributed by atoms with Gasteiger partial charge in [-0.05, 0) is 32.1 Å². The van der Waals surface area contributed by atoms with Gasteiger partial charge in [-0.2, -0.15) is 0 Å². The van der Waals surface area contributed by atoms with Crippen LogP contribution in [-0.2, 0) is 0 Å². The topological polar surface area (TPSA) is 12.9 Å². The molecule has 3 unspecified atom stereocenters. The van der Waals surface area contributed by atoms with Crippen LogP contribution in [0, 0.1) is 25.7 Å². The Bertz CT molecular complexity index is 301. The fourth-order valence-corrected chi connectivity index (χ4v) is 3.65. The number of rotatable bonds is 2. The summed E-state index contributed by atoms with van der Waals surface area (Å²) in [4.78, 5) is 6.43. The summed E-state index contributed by atoms with van der Waals surface area (Å²) in [6.45, 7) is 6.55. The number of aryl methyl sites for hydroxylation is 2. The van der Waals surface area contributed by atoms with Crippen LogP contribution in [0.2, 0.25) is 0 Å². The van der Waals surface area contributed by atoms with Crippen LogP contribution in [-0.4, -0.2) is 4.98 Å². The monoisotopic (exact) mass is 259 g/mol. The lowest BCUT2D eigenvalue weighted by Crippen LogP contribution is -1.92. The third kappa shape index (κ3) is 1.82. The van der Waals surface area contributed by atoms with E-state index in [9.17, 15) is 0 Å². The van der Waals surface area contributed by atoms with Gasteiger partial charge in [-0.3, -0.25) is 0 Å². The first-order valence-corrected chi connectivity index (χ1v) is 6.41. The van der Waals surface area contributed by atoms with Crippen molar-refractivity contribution in [1.29, 1.82) is 0 Å². The molecule has 0 amide bonds. The van der Waals surface area contributed by atoms with Gasteiger partial charge in [0.1, 0.15) is 5.01 Å². The minimum Gasteiger partial charge on any atom is -0.245 e. The van der Waals surface area contributed by atoms with Crippen LogP contribution in [0.5, 0.6) is 0 Å². The van der Waals surface area contributed by atoms with E-state index in [1.54, 1.807) is 0 Å². The molecule has 0 aromatic carbocycles. The molecular weight excluding hydrogens is 246 g/mol. The molecule has 1 aromatic heterocycles. The largest absolute Gasteiger partial charge is 0.245 e. The van der Waals surface area contributed by atoms with E-state index in [-0.39, 0.29) is 0 Å². The Balaban J connectivity index is 2.16. The van der Waals surface area contributed by atoms with Crippen LogP contribution in [0.4, 0.5) is 0 Å². The maximum Gasteiger partial charge on any atom is 0.107 e. The molecule has 1 aromatic rings. The van der Waals surface area contributed by atoms with E-state index in [2.05, 4.69) is 41.7 Å². The highest BCUT2D eigenvalue weighted by atomic mass is 79.9. The van der Waals surface area contributed by atoms with Crippen molar-refractivity contribution in [2.45, 2.75) is 32.0 Å². The lowest BCUT2D eigenvalue weighted by atomic mass is 10.2. The number of nitrogens with zero attached hydrogens (tertiary/aromatic N) is 1. The molecule has 0 spiro atoms. The van der Waals surface area contributed by atoms with E-state index in [1.807, 2.05) is 11.3 Å². The van der Waals surface area contributed by atoms with E-state index < -0.39 is 0 Å². The highest BCUT2D eigenvalue weighted by molar-refractivity contribution is 9.09. The van der Waals surface area contributed by atoms with E-state index in [4.69, 9.17) is 0 Å². The molecular formula is C10H14BrNS. The van der Waals surface area contributed by atoms with Crippen LogP contribution in [0.25, 0.3) is 0 Å². The van der Waals surface area contributed by atoms with Crippen molar-refractivity contribution < 1.29 is 0 Å². The van der Waals surface area contributed by atoms with Gasteiger partial charge >= 0.3 is 0 Å². The van der Waals surface area contributed by atoms with E-state index in [0.717, 1.165) is 11.8 Å². The smallest absolute Gasteiger partial charge is 0.107 e. The molecule has 1 heterocycles. The number of halogens is 1. The highest BCUT2D eigenvalue weighted by Crippen LogP contribution is 2.51. The average molecular weight is 260 g/mol. The average Bonchev–Trinajstić information content (AvgIpc) is 2.70. The quantitative estimate of drug-likeness (QED) is 0.736. The number of thiazole rings is 1. The summed E-state index contributed by atoms with van der Waals surface area (Å²) < 4.78 is 0. The Morgan fingerprint density at radius 2 is 2.15 bits per heavy atom. The molecule has 3 heteroatoms. The van der Waals surface area contributed by atoms with Crippen molar-refractivity contribution in [3.8, 4) is 0 Å². The van der Waals surface area contributed by atoms with E-state index in [0.29, 0.717) is 4.83 Å². The molecule has 0 bridgehead atoms. The number of hydrogen-bond donors (Lipinski definition) is 0. The van der Waals surface area contributed by atoms with Crippen molar-refractivity contribution >= 4 is 27.3 Å². The molecule has 72 valence electrons. The molecule has 13 heavy (non-hydrogen) atoms. The summed E-state index contributed by atoms with van der Waals surface area (Å²) in [6.07, 6.45) is 1.35. The van der Waals surface area contributed by atoms with Gasteiger partial charge in [-0.25, -0.2) is 4.98 Å². The second kappa shape index (κ2) is 3.35. The summed E-state index contributed by atoms with van der Waals surface area (Å²) in [5, 5.41) is 1.27. The SMILES string of the molecule is Cc1nc(C(Br)C2CC2C)sc1C. The van der Waals surface area contributed by atoms with Crippen molar-refractivity contribution in [3.05, 3.63) is 15.6 Å². The van der Waals surface area contributed by atoms with Gasteiger partial charge in [-0.1, -0.05) is 22.9 Å². The third-order valence-corrected chi connectivity index (χ3v) is 5.40. The van der Waals surface area contributed by atoms with E-state index in [1.165, 1.54) is 22.0 Å². The van der Waals surface area contributed by atoms with Gasteiger partial charge in [0.25, 0.3) is 0 Å². The zero-order chi connectivity index (χ0) is 9.59. The first-order chi connectivity index (χ1) is 6.09. The van der Waals surface area contributed by atoms with Crippen LogP contribution < -0.4 is 0 Å². The van der Waals surface area contributed by atoms with Crippen LogP contribution >= 0.6 is 27.3 Å². The van der Waals surface area contributed by atoms with Gasteiger partial charge in [0.2, 0.25) is 0 Å². The molecule has 1 fully saturated rings. The molecule has 1 aliphatic carbocycles. The Labute approximate surface area is 91.7 Å². The van der Waals surface area contributed by atoms with Gasteiger partial charge in [-0.15, -0.1) is 11.3 Å².